The van der Waals surface area contributed by atoms with Gasteiger partial charge in [0, 0.05) is 5.69 Å². The van der Waals surface area contributed by atoms with Gasteiger partial charge in [-0.3, -0.25) is 9.52 Å². The van der Waals surface area contributed by atoms with E-state index in [0.29, 0.717) is 18.4 Å². The highest BCUT2D eigenvalue weighted by atomic mass is 32.2. The maximum absolute atomic E-state index is 12.8. The monoisotopic (exact) mass is 408 g/mol. The number of carbonyl (C=O) groups excluding carboxylic acids is 2. The van der Waals surface area contributed by atoms with Gasteiger partial charge in [0.15, 0.2) is 0 Å². The Kier molecular flexibility index (Phi) is 6.41. The highest BCUT2D eigenvalue weighted by Crippen LogP contribution is 2.20. The zero-order valence-electron chi connectivity index (χ0n) is 15.5. The number of anilines is 1. The van der Waals surface area contributed by atoms with Crippen molar-refractivity contribution in [1.29, 1.82) is 0 Å². The van der Waals surface area contributed by atoms with Gasteiger partial charge in [-0.2, -0.15) is 0 Å². The first-order valence-electron chi connectivity index (χ1n) is 8.96. The van der Waals surface area contributed by atoms with Crippen LogP contribution < -0.4 is 10.0 Å². The molecule has 3 aromatic carbocycles. The number of sulfonamides is 1. The second-order valence-electron chi connectivity index (χ2n) is 6.37. The highest BCUT2D eigenvalue weighted by molar-refractivity contribution is 7.92. The lowest BCUT2D eigenvalue weighted by Gasteiger charge is -2.16. The fourth-order valence-electron chi connectivity index (χ4n) is 2.85. The van der Waals surface area contributed by atoms with Gasteiger partial charge in [0.2, 0.25) is 0 Å². The molecule has 3 aromatic rings. The standard InChI is InChI=1S/C22H20N2O4S/c25-16-19(15-17-9-3-1-4-10-17)23-22(26)20-13-7-8-14-21(20)29(27,28)24-18-11-5-2-6-12-18/h1-14,16,19,24H,15H2,(H,23,26)/t19-/m0/s1. The lowest BCUT2D eigenvalue weighted by molar-refractivity contribution is -0.109. The van der Waals surface area contributed by atoms with E-state index in [4.69, 9.17) is 0 Å². The topological polar surface area (TPSA) is 92.3 Å². The number of rotatable bonds is 8. The van der Waals surface area contributed by atoms with E-state index in [0.717, 1.165) is 5.56 Å². The lowest BCUT2D eigenvalue weighted by Crippen LogP contribution is -2.38. The van der Waals surface area contributed by atoms with Crippen LogP contribution in [0.15, 0.2) is 89.8 Å². The first kappa shape index (κ1) is 20.3. The number of carbonyl (C=O) groups is 2. The maximum atomic E-state index is 12.8. The fourth-order valence-corrected chi connectivity index (χ4v) is 4.12. The summed E-state index contributed by atoms with van der Waals surface area (Å²) >= 11 is 0. The minimum Gasteiger partial charge on any atom is -0.342 e. The summed E-state index contributed by atoms with van der Waals surface area (Å²) < 4.78 is 28.1. The van der Waals surface area contributed by atoms with E-state index in [1.54, 1.807) is 36.4 Å². The minimum atomic E-state index is -3.99. The number of hydrogen-bond acceptors (Lipinski definition) is 4. The van der Waals surface area contributed by atoms with Gasteiger partial charge >= 0.3 is 0 Å². The molecule has 0 saturated heterocycles. The molecule has 0 radical (unpaired) electrons. The average molecular weight is 408 g/mol. The van der Waals surface area contributed by atoms with Crippen LogP contribution in [0.3, 0.4) is 0 Å². The third kappa shape index (κ3) is 5.30. The van der Waals surface area contributed by atoms with Crippen molar-refractivity contribution in [2.24, 2.45) is 0 Å². The van der Waals surface area contributed by atoms with Crippen molar-refractivity contribution in [2.75, 3.05) is 4.72 Å². The smallest absolute Gasteiger partial charge is 0.262 e. The van der Waals surface area contributed by atoms with Gasteiger partial charge in [-0.1, -0.05) is 60.7 Å². The van der Waals surface area contributed by atoms with Crippen LogP contribution in [0.25, 0.3) is 0 Å². The maximum Gasteiger partial charge on any atom is 0.262 e. The molecule has 0 saturated carbocycles. The molecule has 3 rings (SSSR count). The van der Waals surface area contributed by atoms with Gasteiger partial charge < -0.3 is 10.1 Å². The Morgan fingerprint density at radius 1 is 0.862 bits per heavy atom. The summed E-state index contributed by atoms with van der Waals surface area (Å²) in [7, 11) is -3.99. The minimum absolute atomic E-state index is 0.0316. The fraction of sp³-hybridized carbons (Fsp3) is 0.0909. The molecule has 0 aliphatic carbocycles. The van der Waals surface area contributed by atoms with Crippen LogP contribution in [-0.4, -0.2) is 26.7 Å². The van der Waals surface area contributed by atoms with Crippen LogP contribution in [0.5, 0.6) is 0 Å². The predicted octanol–water partition coefficient (Wildman–Crippen LogP) is 3.03. The van der Waals surface area contributed by atoms with Crippen LogP contribution in [0.4, 0.5) is 5.69 Å². The molecular formula is C22H20N2O4S. The second-order valence-corrected chi connectivity index (χ2v) is 8.02. The summed E-state index contributed by atoms with van der Waals surface area (Å²) in [6.45, 7) is 0. The van der Waals surface area contributed by atoms with Crippen molar-refractivity contribution in [3.05, 3.63) is 96.1 Å². The molecule has 0 unspecified atom stereocenters. The van der Waals surface area contributed by atoms with Gasteiger partial charge in [-0.25, -0.2) is 8.42 Å². The summed E-state index contributed by atoms with van der Waals surface area (Å²) in [5, 5.41) is 2.61. The van der Waals surface area contributed by atoms with Crippen LogP contribution in [0.2, 0.25) is 0 Å². The summed E-state index contributed by atoms with van der Waals surface area (Å²) in [6.07, 6.45) is 0.956. The molecule has 6 nitrogen and oxygen atoms in total. The second kappa shape index (κ2) is 9.16. The van der Waals surface area contributed by atoms with E-state index >= 15 is 0 Å². The third-order valence-corrected chi connectivity index (χ3v) is 5.67. The molecule has 0 bridgehead atoms. The van der Waals surface area contributed by atoms with Gasteiger partial charge in [-0.05, 0) is 36.2 Å². The Labute approximate surface area is 169 Å². The van der Waals surface area contributed by atoms with Crippen molar-refractivity contribution in [2.45, 2.75) is 17.4 Å². The average Bonchev–Trinajstić information content (AvgIpc) is 2.74. The van der Waals surface area contributed by atoms with Crippen LogP contribution in [0.1, 0.15) is 15.9 Å². The normalized spacial score (nSPS) is 12.0. The molecule has 0 heterocycles. The van der Waals surface area contributed by atoms with Crippen LogP contribution in [0, 0.1) is 0 Å². The van der Waals surface area contributed by atoms with E-state index in [1.807, 2.05) is 30.3 Å². The van der Waals surface area contributed by atoms with Gasteiger partial charge in [0.1, 0.15) is 11.2 Å². The number of benzene rings is 3. The number of para-hydroxylation sites is 1. The van der Waals surface area contributed by atoms with Gasteiger partial charge in [0.05, 0.1) is 11.6 Å². The van der Waals surface area contributed by atoms with E-state index < -0.39 is 22.0 Å². The van der Waals surface area contributed by atoms with Crippen molar-refractivity contribution in [3.63, 3.8) is 0 Å². The molecule has 0 fully saturated rings. The number of amides is 1. The molecule has 0 spiro atoms. The first-order valence-corrected chi connectivity index (χ1v) is 10.4. The molecule has 148 valence electrons. The van der Waals surface area contributed by atoms with Crippen molar-refractivity contribution >= 4 is 27.9 Å². The van der Waals surface area contributed by atoms with Crippen LogP contribution in [-0.2, 0) is 21.2 Å². The molecule has 1 amide bonds. The van der Waals surface area contributed by atoms with E-state index in [-0.39, 0.29) is 10.5 Å². The molecule has 0 aliphatic heterocycles. The molecule has 29 heavy (non-hydrogen) atoms. The third-order valence-electron chi connectivity index (χ3n) is 4.23. The SMILES string of the molecule is O=C[C@H](Cc1ccccc1)NC(=O)c1ccccc1S(=O)(=O)Nc1ccccc1. The molecule has 0 aromatic heterocycles. The van der Waals surface area contributed by atoms with Gasteiger partial charge in [-0.15, -0.1) is 0 Å². The molecule has 1 atom stereocenters. The quantitative estimate of drug-likeness (QED) is 0.561. The van der Waals surface area contributed by atoms with Crippen molar-refractivity contribution in [1.82, 2.24) is 5.32 Å². The Bertz CT molecular complexity index is 1080. The molecule has 7 heteroatoms. The van der Waals surface area contributed by atoms with Crippen molar-refractivity contribution < 1.29 is 18.0 Å². The van der Waals surface area contributed by atoms with E-state index in [2.05, 4.69) is 10.0 Å². The summed E-state index contributed by atoms with van der Waals surface area (Å²) in [5.74, 6) is -0.632. The first-order chi connectivity index (χ1) is 14.0. The molecule has 0 aliphatic rings. The van der Waals surface area contributed by atoms with Crippen LogP contribution >= 0.6 is 0 Å². The zero-order chi connectivity index (χ0) is 20.7. The lowest BCUT2D eigenvalue weighted by atomic mass is 10.1. The molecule has 2 N–H and O–H groups in total. The zero-order valence-corrected chi connectivity index (χ0v) is 16.3. The largest absolute Gasteiger partial charge is 0.342 e. The Morgan fingerprint density at radius 2 is 1.45 bits per heavy atom. The van der Waals surface area contributed by atoms with E-state index in [9.17, 15) is 18.0 Å². The van der Waals surface area contributed by atoms with Gasteiger partial charge in [0.25, 0.3) is 15.9 Å². The predicted molar refractivity (Wildman–Crippen MR) is 111 cm³/mol. The number of nitrogens with one attached hydrogen (secondary N) is 2. The number of aldehydes is 1. The summed E-state index contributed by atoms with van der Waals surface area (Å²) in [5.41, 5.74) is 1.24. The van der Waals surface area contributed by atoms with Crippen molar-refractivity contribution in [3.8, 4) is 0 Å². The summed E-state index contributed by atoms with van der Waals surface area (Å²) in [6, 6.07) is 22.8. The summed E-state index contributed by atoms with van der Waals surface area (Å²) in [4.78, 5) is 24.1. The highest BCUT2D eigenvalue weighted by Gasteiger charge is 2.23. The Morgan fingerprint density at radius 3 is 2.10 bits per heavy atom. The van der Waals surface area contributed by atoms with E-state index in [1.165, 1.54) is 18.2 Å². The number of hydrogen-bond donors (Lipinski definition) is 2. The Hall–Kier alpha value is -3.45. The molecular weight excluding hydrogens is 388 g/mol. The Balaban J connectivity index is 1.82.